The van der Waals surface area contributed by atoms with E-state index in [1.807, 2.05) is 0 Å². The van der Waals surface area contributed by atoms with Gasteiger partial charge in [-0.25, -0.2) is 0 Å². The Balaban J connectivity index is 2.20. The van der Waals surface area contributed by atoms with Crippen molar-refractivity contribution in [2.75, 3.05) is 19.7 Å². The van der Waals surface area contributed by atoms with Gasteiger partial charge in [0.2, 0.25) is 6.41 Å². The lowest BCUT2D eigenvalue weighted by Crippen LogP contribution is -2.41. The molecule has 0 spiro atoms. The molecular weight excluding hydrogens is 154 g/mol. The number of rotatable bonds is 4. The van der Waals surface area contributed by atoms with E-state index < -0.39 is 0 Å². The van der Waals surface area contributed by atoms with Crippen LogP contribution in [-0.2, 0) is 9.53 Å². The Morgan fingerprint density at radius 3 is 3.17 bits per heavy atom. The maximum atomic E-state index is 10.4. The summed E-state index contributed by atoms with van der Waals surface area (Å²) in [4.78, 5) is 12.2. The summed E-state index contributed by atoms with van der Waals surface area (Å²) in [7, 11) is 0. The number of morpholine rings is 1. The van der Waals surface area contributed by atoms with E-state index in [9.17, 15) is 4.79 Å². The van der Waals surface area contributed by atoms with Gasteiger partial charge in [-0.05, 0) is 6.42 Å². The van der Waals surface area contributed by atoms with Crippen molar-refractivity contribution >= 4 is 6.41 Å². The third kappa shape index (κ3) is 2.81. The number of hydrogen-bond acceptors (Lipinski definition) is 2. The minimum atomic E-state index is 0.241. The highest BCUT2D eigenvalue weighted by Gasteiger charge is 2.17. The average Bonchev–Trinajstić information content (AvgIpc) is 2.15. The first-order valence-electron chi connectivity index (χ1n) is 4.47. The maximum absolute atomic E-state index is 10.4. The molecule has 69 valence electrons. The number of nitrogens with zero attached hydrogens (tertiary/aromatic N) is 1. The molecule has 3 heteroatoms. The van der Waals surface area contributed by atoms with Crippen molar-refractivity contribution in [1.29, 1.82) is 0 Å². The van der Waals surface area contributed by atoms with E-state index >= 15 is 0 Å². The van der Waals surface area contributed by atoms with Gasteiger partial charge in [-0.1, -0.05) is 19.8 Å². The summed E-state index contributed by atoms with van der Waals surface area (Å²) in [5, 5.41) is 0. The molecule has 1 amide bonds. The van der Waals surface area contributed by atoms with Crippen LogP contribution in [0.3, 0.4) is 0 Å². The zero-order valence-electron chi connectivity index (χ0n) is 7.37. The summed E-state index contributed by atoms with van der Waals surface area (Å²) < 4.78 is 5.48. The minimum Gasteiger partial charge on any atom is -0.375 e. The van der Waals surface area contributed by atoms with Crippen LogP contribution in [0.5, 0.6) is 0 Å². The van der Waals surface area contributed by atoms with Gasteiger partial charge in [0.1, 0.15) is 0 Å². The fraction of sp³-hybridized carbons (Fsp3) is 0.778. The van der Waals surface area contributed by atoms with Gasteiger partial charge in [-0.3, -0.25) is 4.79 Å². The minimum absolute atomic E-state index is 0.241. The molecule has 1 radical (unpaired) electrons. The first kappa shape index (κ1) is 9.52. The van der Waals surface area contributed by atoms with Crippen LogP contribution in [0.25, 0.3) is 0 Å². The molecule has 3 nitrogen and oxygen atoms in total. The second-order valence-electron chi connectivity index (χ2n) is 3.09. The maximum Gasteiger partial charge on any atom is 0.209 e. The fourth-order valence-electron chi connectivity index (χ4n) is 1.38. The summed E-state index contributed by atoms with van der Waals surface area (Å²) >= 11 is 0. The third-order valence-electron chi connectivity index (χ3n) is 2.10. The van der Waals surface area contributed by atoms with E-state index in [2.05, 4.69) is 6.92 Å². The second kappa shape index (κ2) is 5.14. The molecule has 0 N–H and O–H groups in total. The highest BCUT2D eigenvalue weighted by atomic mass is 16.5. The zero-order valence-corrected chi connectivity index (χ0v) is 7.37. The lowest BCUT2D eigenvalue weighted by Gasteiger charge is -2.30. The molecule has 1 aliphatic rings. The van der Waals surface area contributed by atoms with Gasteiger partial charge < -0.3 is 9.64 Å². The molecule has 1 rings (SSSR count). The van der Waals surface area contributed by atoms with Crippen LogP contribution < -0.4 is 0 Å². The Labute approximate surface area is 73.7 Å². The summed E-state index contributed by atoms with van der Waals surface area (Å²) in [5.41, 5.74) is 0. The molecule has 0 aromatic carbocycles. The Morgan fingerprint density at radius 1 is 1.67 bits per heavy atom. The van der Waals surface area contributed by atoms with Gasteiger partial charge in [0.15, 0.2) is 0 Å². The van der Waals surface area contributed by atoms with Crippen LogP contribution in [0.2, 0.25) is 0 Å². The van der Waals surface area contributed by atoms with Crippen molar-refractivity contribution in [3.63, 3.8) is 0 Å². The molecule has 1 aliphatic heterocycles. The van der Waals surface area contributed by atoms with Crippen molar-refractivity contribution < 1.29 is 9.53 Å². The molecular formula is C9H16NO2. The fourth-order valence-corrected chi connectivity index (χ4v) is 1.38. The second-order valence-corrected chi connectivity index (χ2v) is 3.09. The van der Waals surface area contributed by atoms with E-state index in [1.165, 1.54) is 0 Å². The predicted molar refractivity (Wildman–Crippen MR) is 46.6 cm³/mol. The van der Waals surface area contributed by atoms with Crippen LogP contribution in [0.4, 0.5) is 0 Å². The van der Waals surface area contributed by atoms with E-state index in [1.54, 1.807) is 4.90 Å². The highest BCUT2D eigenvalue weighted by molar-refractivity contribution is 5.47. The van der Waals surface area contributed by atoms with Crippen LogP contribution in [-0.4, -0.2) is 37.1 Å². The third-order valence-corrected chi connectivity index (χ3v) is 2.10. The first-order chi connectivity index (χ1) is 5.86. The van der Waals surface area contributed by atoms with Gasteiger partial charge in [-0.15, -0.1) is 0 Å². The number of ether oxygens (including phenoxy) is 1. The number of carbonyl (C=O) groups is 1. The molecule has 0 saturated carbocycles. The molecule has 12 heavy (non-hydrogen) atoms. The number of carbonyl (C=O) groups excluding carboxylic acids is 1. The lowest BCUT2D eigenvalue weighted by molar-refractivity contribution is -0.125. The van der Waals surface area contributed by atoms with Gasteiger partial charge in [-0.2, -0.15) is 0 Å². The van der Waals surface area contributed by atoms with E-state index in [0.717, 1.165) is 38.8 Å². The van der Waals surface area contributed by atoms with E-state index in [4.69, 9.17) is 4.74 Å². The monoisotopic (exact) mass is 170 g/mol. The largest absolute Gasteiger partial charge is 0.375 e. The molecule has 1 saturated heterocycles. The number of unbranched alkanes of at least 4 members (excludes halogenated alkanes) is 1. The van der Waals surface area contributed by atoms with Crippen LogP contribution in [0.1, 0.15) is 19.3 Å². The molecule has 1 fully saturated rings. The van der Waals surface area contributed by atoms with Gasteiger partial charge in [0, 0.05) is 13.1 Å². The first-order valence-corrected chi connectivity index (χ1v) is 4.47. The molecule has 1 atom stereocenters. The smallest absolute Gasteiger partial charge is 0.209 e. The standard InChI is InChI=1S/C9H16NO2/c1-2-3-4-9-7-10(8-11)5-6-12-9/h8-9H,1-7H2. The summed E-state index contributed by atoms with van der Waals surface area (Å²) in [5.74, 6) is 0. The number of hydrogen-bond donors (Lipinski definition) is 0. The molecule has 1 unspecified atom stereocenters. The average molecular weight is 170 g/mol. The van der Waals surface area contributed by atoms with Crippen molar-refractivity contribution in [1.82, 2.24) is 4.90 Å². The van der Waals surface area contributed by atoms with Crippen molar-refractivity contribution in [2.45, 2.75) is 25.4 Å². The van der Waals surface area contributed by atoms with Gasteiger partial charge >= 0.3 is 0 Å². The Hall–Kier alpha value is -0.570. The topological polar surface area (TPSA) is 29.5 Å². The highest BCUT2D eigenvalue weighted by Crippen LogP contribution is 2.09. The lowest BCUT2D eigenvalue weighted by atomic mass is 10.1. The Morgan fingerprint density at radius 2 is 2.50 bits per heavy atom. The quantitative estimate of drug-likeness (QED) is 0.585. The summed E-state index contributed by atoms with van der Waals surface area (Å²) in [6.45, 7) is 5.95. The van der Waals surface area contributed by atoms with Gasteiger partial charge in [0.05, 0.1) is 12.7 Å². The van der Waals surface area contributed by atoms with Crippen LogP contribution in [0.15, 0.2) is 0 Å². The molecule has 0 aromatic heterocycles. The molecule has 0 aromatic rings. The van der Waals surface area contributed by atoms with Crippen LogP contribution in [0, 0.1) is 6.92 Å². The predicted octanol–water partition coefficient (Wildman–Crippen LogP) is 0.848. The molecule has 0 bridgehead atoms. The summed E-state index contributed by atoms with van der Waals surface area (Å²) in [6, 6.07) is 0. The molecule has 1 heterocycles. The Kier molecular flexibility index (Phi) is 4.08. The van der Waals surface area contributed by atoms with Crippen molar-refractivity contribution in [3.05, 3.63) is 6.92 Å². The van der Waals surface area contributed by atoms with E-state index in [-0.39, 0.29) is 6.10 Å². The van der Waals surface area contributed by atoms with Crippen LogP contribution >= 0.6 is 0 Å². The number of amides is 1. The van der Waals surface area contributed by atoms with Crippen molar-refractivity contribution in [2.24, 2.45) is 0 Å². The van der Waals surface area contributed by atoms with E-state index in [0.29, 0.717) is 6.61 Å². The SMILES string of the molecule is [CH2]CCCC1CN(C=O)CCO1. The van der Waals surface area contributed by atoms with Crippen molar-refractivity contribution in [3.8, 4) is 0 Å². The molecule has 0 aliphatic carbocycles. The van der Waals surface area contributed by atoms with Gasteiger partial charge in [0.25, 0.3) is 0 Å². The normalized spacial score (nSPS) is 24.1. The summed E-state index contributed by atoms with van der Waals surface area (Å²) in [6.07, 6.45) is 4.19. The zero-order chi connectivity index (χ0) is 8.81. The Bertz CT molecular complexity index is 138.